The molecule has 0 aromatic heterocycles. The third-order valence-electron chi connectivity index (χ3n) is 3.37. The SMILES string of the molecule is CCC1c2ccccc2-c2ccccc21. The van der Waals surface area contributed by atoms with Gasteiger partial charge in [0.25, 0.3) is 0 Å². The fourth-order valence-electron chi connectivity index (χ4n) is 2.70. The van der Waals surface area contributed by atoms with E-state index in [0.717, 1.165) is 0 Å². The predicted octanol–water partition coefficient (Wildman–Crippen LogP) is 4.21. The maximum atomic E-state index is 2.27. The van der Waals surface area contributed by atoms with E-state index in [4.69, 9.17) is 0 Å². The molecule has 0 N–H and O–H groups in total. The molecule has 0 amide bonds. The molecule has 0 nitrogen and oxygen atoms in total. The molecule has 1 aliphatic rings. The topological polar surface area (TPSA) is 0 Å². The van der Waals surface area contributed by atoms with Gasteiger partial charge in [-0.2, -0.15) is 0 Å². The van der Waals surface area contributed by atoms with Crippen molar-refractivity contribution < 1.29 is 0 Å². The monoisotopic (exact) mass is 194 g/mol. The standard InChI is InChI=1S/C15H14/c1-2-11-12-7-3-5-9-14(12)15-10-6-4-8-13(11)15/h3-11H,2H2,1H3. The second kappa shape index (κ2) is 3.23. The van der Waals surface area contributed by atoms with Crippen molar-refractivity contribution in [3.8, 4) is 11.1 Å². The van der Waals surface area contributed by atoms with Crippen LogP contribution < -0.4 is 0 Å². The van der Waals surface area contributed by atoms with Crippen LogP contribution in [0.1, 0.15) is 30.4 Å². The number of hydrogen-bond donors (Lipinski definition) is 0. The zero-order valence-electron chi connectivity index (χ0n) is 8.90. The summed E-state index contributed by atoms with van der Waals surface area (Å²) in [6, 6.07) is 17.6. The molecule has 0 saturated heterocycles. The second-order valence-electron chi connectivity index (χ2n) is 4.14. The van der Waals surface area contributed by atoms with Gasteiger partial charge < -0.3 is 0 Å². The lowest BCUT2D eigenvalue weighted by Gasteiger charge is -2.09. The minimum Gasteiger partial charge on any atom is -0.0645 e. The maximum Gasteiger partial charge on any atom is 0.00990 e. The summed E-state index contributed by atoms with van der Waals surface area (Å²) in [6.07, 6.45) is 1.19. The van der Waals surface area contributed by atoms with Gasteiger partial charge in [0.2, 0.25) is 0 Å². The average Bonchev–Trinajstić information content (AvgIpc) is 2.63. The van der Waals surface area contributed by atoms with E-state index in [1.807, 2.05) is 0 Å². The fourth-order valence-corrected chi connectivity index (χ4v) is 2.70. The molecule has 0 heteroatoms. The molecule has 0 unspecified atom stereocenters. The average molecular weight is 194 g/mol. The summed E-state index contributed by atoms with van der Waals surface area (Å²) in [5, 5.41) is 0. The molecule has 2 aromatic rings. The first kappa shape index (κ1) is 8.72. The molecule has 0 atom stereocenters. The highest BCUT2D eigenvalue weighted by atomic mass is 14.3. The van der Waals surface area contributed by atoms with Crippen LogP contribution in [-0.4, -0.2) is 0 Å². The van der Waals surface area contributed by atoms with E-state index >= 15 is 0 Å². The summed E-state index contributed by atoms with van der Waals surface area (Å²) in [4.78, 5) is 0. The Morgan fingerprint density at radius 2 is 1.27 bits per heavy atom. The van der Waals surface area contributed by atoms with Gasteiger partial charge in [-0.3, -0.25) is 0 Å². The molecule has 0 bridgehead atoms. The first-order chi connectivity index (χ1) is 7.42. The van der Waals surface area contributed by atoms with Crippen molar-refractivity contribution in [1.82, 2.24) is 0 Å². The molecule has 0 spiro atoms. The summed E-state index contributed by atoms with van der Waals surface area (Å²) >= 11 is 0. The first-order valence-electron chi connectivity index (χ1n) is 5.60. The van der Waals surface area contributed by atoms with E-state index < -0.39 is 0 Å². The molecule has 15 heavy (non-hydrogen) atoms. The zero-order chi connectivity index (χ0) is 10.3. The van der Waals surface area contributed by atoms with Gasteiger partial charge in [-0.25, -0.2) is 0 Å². The molecule has 3 rings (SSSR count). The minimum atomic E-state index is 0.609. The van der Waals surface area contributed by atoms with Gasteiger partial charge in [-0.15, -0.1) is 0 Å². The number of benzene rings is 2. The lowest BCUT2D eigenvalue weighted by Crippen LogP contribution is -1.93. The molecule has 74 valence electrons. The number of rotatable bonds is 1. The van der Waals surface area contributed by atoms with Crippen LogP contribution in [0.25, 0.3) is 11.1 Å². The summed E-state index contributed by atoms with van der Waals surface area (Å²) in [5.41, 5.74) is 5.86. The summed E-state index contributed by atoms with van der Waals surface area (Å²) in [6.45, 7) is 2.27. The van der Waals surface area contributed by atoms with Crippen molar-refractivity contribution in [2.75, 3.05) is 0 Å². The highest BCUT2D eigenvalue weighted by molar-refractivity contribution is 5.78. The van der Waals surface area contributed by atoms with E-state index in [9.17, 15) is 0 Å². The normalized spacial score (nSPS) is 13.7. The van der Waals surface area contributed by atoms with Crippen molar-refractivity contribution >= 4 is 0 Å². The van der Waals surface area contributed by atoms with Crippen LogP contribution in [0.15, 0.2) is 48.5 Å². The molecule has 0 heterocycles. The Balaban J connectivity index is 2.31. The highest BCUT2D eigenvalue weighted by Crippen LogP contribution is 2.45. The van der Waals surface area contributed by atoms with E-state index in [-0.39, 0.29) is 0 Å². The fraction of sp³-hybridized carbons (Fsp3) is 0.200. The highest BCUT2D eigenvalue weighted by Gasteiger charge is 2.25. The van der Waals surface area contributed by atoms with Crippen LogP contribution in [0.4, 0.5) is 0 Å². The van der Waals surface area contributed by atoms with Gasteiger partial charge in [-0.05, 0) is 28.7 Å². The predicted molar refractivity (Wildman–Crippen MR) is 64.0 cm³/mol. The Bertz CT molecular complexity index is 451. The van der Waals surface area contributed by atoms with Gasteiger partial charge in [0.05, 0.1) is 0 Å². The Morgan fingerprint density at radius 1 is 0.800 bits per heavy atom. The zero-order valence-corrected chi connectivity index (χ0v) is 8.90. The lowest BCUT2D eigenvalue weighted by atomic mass is 9.95. The Kier molecular flexibility index (Phi) is 1.88. The van der Waals surface area contributed by atoms with Crippen molar-refractivity contribution in [1.29, 1.82) is 0 Å². The van der Waals surface area contributed by atoms with Crippen LogP contribution >= 0.6 is 0 Å². The van der Waals surface area contributed by atoms with Gasteiger partial charge >= 0.3 is 0 Å². The van der Waals surface area contributed by atoms with Crippen LogP contribution in [0.5, 0.6) is 0 Å². The second-order valence-corrected chi connectivity index (χ2v) is 4.14. The molecule has 0 aliphatic heterocycles. The third-order valence-corrected chi connectivity index (χ3v) is 3.37. The van der Waals surface area contributed by atoms with Crippen LogP contribution in [-0.2, 0) is 0 Å². The van der Waals surface area contributed by atoms with E-state index in [1.54, 1.807) is 0 Å². The minimum absolute atomic E-state index is 0.609. The van der Waals surface area contributed by atoms with Crippen LogP contribution in [0.3, 0.4) is 0 Å². The van der Waals surface area contributed by atoms with Gasteiger partial charge in [-0.1, -0.05) is 55.5 Å². The molecule has 0 fully saturated rings. The number of fused-ring (bicyclic) bond motifs is 3. The van der Waals surface area contributed by atoms with Crippen molar-refractivity contribution in [3.63, 3.8) is 0 Å². The Hall–Kier alpha value is -1.56. The van der Waals surface area contributed by atoms with Crippen molar-refractivity contribution in [2.45, 2.75) is 19.3 Å². The Morgan fingerprint density at radius 3 is 1.73 bits per heavy atom. The Labute approximate surface area is 90.6 Å². The van der Waals surface area contributed by atoms with Crippen molar-refractivity contribution in [2.24, 2.45) is 0 Å². The van der Waals surface area contributed by atoms with Gasteiger partial charge in [0.1, 0.15) is 0 Å². The van der Waals surface area contributed by atoms with E-state index in [1.165, 1.54) is 28.7 Å². The summed E-state index contributed by atoms with van der Waals surface area (Å²) in [5.74, 6) is 0.609. The molecule has 2 aromatic carbocycles. The molecular formula is C15H14. The number of hydrogen-bond acceptors (Lipinski definition) is 0. The molecule has 1 aliphatic carbocycles. The summed E-state index contributed by atoms with van der Waals surface area (Å²) in [7, 11) is 0. The van der Waals surface area contributed by atoms with Gasteiger partial charge in [0, 0.05) is 5.92 Å². The van der Waals surface area contributed by atoms with E-state index in [0.29, 0.717) is 5.92 Å². The van der Waals surface area contributed by atoms with Gasteiger partial charge in [0.15, 0.2) is 0 Å². The summed E-state index contributed by atoms with van der Waals surface area (Å²) < 4.78 is 0. The lowest BCUT2D eigenvalue weighted by molar-refractivity contribution is 0.797. The third kappa shape index (κ3) is 1.14. The largest absolute Gasteiger partial charge is 0.0645 e. The van der Waals surface area contributed by atoms with E-state index in [2.05, 4.69) is 55.5 Å². The quantitative estimate of drug-likeness (QED) is 0.638. The molecule has 0 radical (unpaired) electrons. The molecular weight excluding hydrogens is 180 g/mol. The smallest absolute Gasteiger partial charge is 0.00990 e. The first-order valence-corrected chi connectivity index (χ1v) is 5.60. The van der Waals surface area contributed by atoms with Crippen molar-refractivity contribution in [3.05, 3.63) is 59.7 Å². The molecule has 0 saturated carbocycles. The maximum absolute atomic E-state index is 2.27. The van der Waals surface area contributed by atoms with Crippen LogP contribution in [0, 0.1) is 0 Å². The van der Waals surface area contributed by atoms with Crippen LogP contribution in [0.2, 0.25) is 0 Å².